The fraction of sp³-hybridized carbons (Fsp3) is 0.562. The summed E-state index contributed by atoms with van der Waals surface area (Å²) in [7, 11) is 0. The number of hydrogen-bond donors (Lipinski definition) is 2. The van der Waals surface area contributed by atoms with Gasteiger partial charge in [0.05, 0.1) is 5.56 Å². The third-order valence-corrected chi connectivity index (χ3v) is 6.42. The molecule has 1 saturated carbocycles. The Bertz CT molecular complexity index is 501. The van der Waals surface area contributed by atoms with Crippen LogP contribution in [0.2, 0.25) is 0 Å². The molecule has 1 aromatic carbocycles. The van der Waals surface area contributed by atoms with Crippen LogP contribution in [0.5, 0.6) is 0 Å². The van der Waals surface area contributed by atoms with E-state index in [2.05, 4.69) is 27.5 Å². The second kappa shape index (κ2) is 7.65. The molecule has 0 bridgehead atoms. The summed E-state index contributed by atoms with van der Waals surface area (Å²) in [5.74, 6) is -0.890. The first-order valence-electron chi connectivity index (χ1n) is 7.34. The van der Waals surface area contributed by atoms with Crippen LogP contribution in [0.1, 0.15) is 48.0 Å². The van der Waals surface area contributed by atoms with Crippen LogP contribution >= 0.6 is 27.7 Å². The topological polar surface area (TPSA) is 49.3 Å². The summed E-state index contributed by atoms with van der Waals surface area (Å²) in [6, 6.07) is 5.21. The molecule has 21 heavy (non-hydrogen) atoms. The Labute approximate surface area is 139 Å². The van der Waals surface area contributed by atoms with Crippen molar-refractivity contribution in [3.8, 4) is 0 Å². The Kier molecular flexibility index (Phi) is 6.14. The van der Waals surface area contributed by atoms with Crippen LogP contribution < -0.4 is 5.32 Å². The van der Waals surface area contributed by atoms with E-state index in [9.17, 15) is 4.79 Å². The molecule has 5 heteroatoms. The van der Waals surface area contributed by atoms with Crippen LogP contribution in [-0.4, -0.2) is 28.6 Å². The lowest BCUT2D eigenvalue weighted by atomic mass is 9.88. The molecule has 0 saturated heterocycles. The van der Waals surface area contributed by atoms with Gasteiger partial charge in [0.1, 0.15) is 0 Å². The number of carboxylic acids is 1. The number of aromatic carboxylic acids is 1. The van der Waals surface area contributed by atoms with Crippen LogP contribution in [0.3, 0.4) is 0 Å². The predicted octanol–water partition coefficient (Wildman–Crippen LogP) is 4.30. The first kappa shape index (κ1) is 16.8. The van der Waals surface area contributed by atoms with E-state index in [0.717, 1.165) is 23.1 Å². The fourth-order valence-corrected chi connectivity index (χ4v) is 4.36. The van der Waals surface area contributed by atoms with Gasteiger partial charge in [-0.1, -0.05) is 41.3 Å². The maximum absolute atomic E-state index is 10.9. The molecule has 2 rings (SSSR count). The summed E-state index contributed by atoms with van der Waals surface area (Å²) in [6.07, 6.45) is 8.83. The minimum absolute atomic E-state index is 0.318. The summed E-state index contributed by atoms with van der Waals surface area (Å²) in [5, 5.41) is 12.5. The van der Waals surface area contributed by atoms with Gasteiger partial charge in [0.25, 0.3) is 0 Å². The Morgan fingerprint density at radius 2 is 2.10 bits per heavy atom. The van der Waals surface area contributed by atoms with Crippen molar-refractivity contribution in [2.75, 3.05) is 12.8 Å². The van der Waals surface area contributed by atoms with Crippen LogP contribution in [0.25, 0.3) is 0 Å². The maximum Gasteiger partial charge on any atom is 0.335 e. The minimum atomic E-state index is -0.890. The summed E-state index contributed by atoms with van der Waals surface area (Å²) < 4.78 is 1.24. The zero-order valence-corrected chi connectivity index (χ0v) is 14.7. The summed E-state index contributed by atoms with van der Waals surface area (Å²) >= 11 is 5.45. The van der Waals surface area contributed by atoms with Gasteiger partial charge >= 0.3 is 5.97 Å². The van der Waals surface area contributed by atoms with E-state index >= 15 is 0 Å². The van der Waals surface area contributed by atoms with E-state index in [1.165, 1.54) is 32.1 Å². The van der Waals surface area contributed by atoms with Crippen molar-refractivity contribution in [3.05, 3.63) is 33.8 Å². The molecule has 0 aliphatic heterocycles. The van der Waals surface area contributed by atoms with E-state index in [1.807, 2.05) is 17.8 Å². The number of hydrogen-bond acceptors (Lipinski definition) is 3. The molecule has 0 radical (unpaired) electrons. The average Bonchev–Trinajstić information content (AvgIpc) is 2.49. The predicted molar refractivity (Wildman–Crippen MR) is 92.1 cm³/mol. The highest BCUT2D eigenvalue weighted by molar-refractivity contribution is 9.10. The number of carbonyl (C=O) groups is 1. The molecular formula is C16H22BrNO2S. The van der Waals surface area contributed by atoms with Crippen LogP contribution in [0.15, 0.2) is 22.7 Å². The highest BCUT2D eigenvalue weighted by atomic mass is 79.9. The molecule has 0 unspecified atom stereocenters. The number of halogens is 1. The fourth-order valence-electron chi connectivity index (χ4n) is 2.90. The standard InChI is InChI=1S/C16H22BrNO2S/c1-21-16(7-3-2-4-8-16)11-18-10-13-6-5-12(15(19)20)9-14(13)17/h5-6,9,18H,2-4,7-8,10-11H2,1H3,(H,19,20). The van der Waals surface area contributed by atoms with Gasteiger partial charge in [-0.25, -0.2) is 4.79 Å². The average molecular weight is 372 g/mol. The molecule has 0 spiro atoms. The first-order valence-corrected chi connectivity index (χ1v) is 9.36. The quantitative estimate of drug-likeness (QED) is 0.782. The Balaban J connectivity index is 1.92. The molecule has 1 aliphatic rings. The van der Waals surface area contributed by atoms with E-state index in [0.29, 0.717) is 10.3 Å². The second-order valence-electron chi connectivity index (χ2n) is 5.66. The molecule has 0 heterocycles. The largest absolute Gasteiger partial charge is 0.478 e. The molecule has 1 fully saturated rings. The zero-order valence-electron chi connectivity index (χ0n) is 12.3. The molecule has 2 N–H and O–H groups in total. The zero-order chi connectivity index (χ0) is 15.3. The molecule has 0 aromatic heterocycles. The Morgan fingerprint density at radius 3 is 2.67 bits per heavy atom. The molecule has 1 aromatic rings. The van der Waals surface area contributed by atoms with E-state index < -0.39 is 5.97 Å². The molecule has 0 atom stereocenters. The second-order valence-corrected chi connectivity index (χ2v) is 7.79. The van der Waals surface area contributed by atoms with Crippen molar-refractivity contribution in [2.24, 2.45) is 0 Å². The lowest BCUT2D eigenvalue weighted by molar-refractivity contribution is 0.0697. The third kappa shape index (κ3) is 4.47. The molecule has 3 nitrogen and oxygen atoms in total. The summed E-state index contributed by atoms with van der Waals surface area (Å²) in [5.41, 5.74) is 1.42. The normalized spacial score (nSPS) is 17.6. The molecule has 116 valence electrons. The van der Waals surface area contributed by atoms with Gasteiger partial charge in [0, 0.05) is 22.3 Å². The van der Waals surface area contributed by atoms with Gasteiger partial charge in [0.15, 0.2) is 0 Å². The lowest BCUT2D eigenvalue weighted by Gasteiger charge is -2.36. The molecule has 1 aliphatic carbocycles. The van der Waals surface area contributed by atoms with Gasteiger partial charge < -0.3 is 10.4 Å². The number of rotatable bonds is 6. The number of thioether (sulfide) groups is 1. The van der Waals surface area contributed by atoms with E-state index in [1.54, 1.807) is 12.1 Å². The summed E-state index contributed by atoms with van der Waals surface area (Å²) in [6.45, 7) is 1.78. The summed E-state index contributed by atoms with van der Waals surface area (Å²) in [4.78, 5) is 10.9. The van der Waals surface area contributed by atoms with Crippen LogP contribution in [0.4, 0.5) is 0 Å². The van der Waals surface area contributed by atoms with Crippen molar-refractivity contribution in [1.82, 2.24) is 5.32 Å². The van der Waals surface area contributed by atoms with Gasteiger partial charge in [0.2, 0.25) is 0 Å². The van der Waals surface area contributed by atoms with Gasteiger partial charge in [-0.2, -0.15) is 11.8 Å². The third-order valence-electron chi connectivity index (χ3n) is 4.26. The highest BCUT2D eigenvalue weighted by Crippen LogP contribution is 2.38. The van der Waals surface area contributed by atoms with E-state index in [4.69, 9.17) is 5.11 Å². The van der Waals surface area contributed by atoms with Gasteiger partial charge in [-0.15, -0.1) is 0 Å². The van der Waals surface area contributed by atoms with Crippen LogP contribution in [-0.2, 0) is 6.54 Å². The van der Waals surface area contributed by atoms with Crippen molar-refractivity contribution >= 4 is 33.7 Å². The van der Waals surface area contributed by atoms with E-state index in [-0.39, 0.29) is 0 Å². The maximum atomic E-state index is 10.9. The smallest absolute Gasteiger partial charge is 0.335 e. The monoisotopic (exact) mass is 371 g/mol. The number of benzene rings is 1. The van der Waals surface area contributed by atoms with Crippen molar-refractivity contribution in [2.45, 2.75) is 43.4 Å². The molecular weight excluding hydrogens is 350 g/mol. The minimum Gasteiger partial charge on any atom is -0.478 e. The number of nitrogens with one attached hydrogen (secondary N) is 1. The number of carboxylic acid groups (broad SMARTS) is 1. The highest BCUT2D eigenvalue weighted by Gasteiger charge is 2.30. The van der Waals surface area contributed by atoms with Crippen molar-refractivity contribution in [3.63, 3.8) is 0 Å². The first-order chi connectivity index (χ1) is 10.1. The molecule has 0 amide bonds. The Hall–Kier alpha value is -0.520. The van der Waals surface area contributed by atoms with Crippen LogP contribution in [0, 0.1) is 0 Å². The van der Waals surface area contributed by atoms with Gasteiger partial charge in [-0.3, -0.25) is 0 Å². The van der Waals surface area contributed by atoms with Gasteiger partial charge in [-0.05, 0) is 36.8 Å². The lowest BCUT2D eigenvalue weighted by Crippen LogP contribution is -2.39. The SMILES string of the molecule is CSC1(CNCc2ccc(C(=O)O)cc2Br)CCCCC1. The van der Waals surface area contributed by atoms with Crippen molar-refractivity contribution in [1.29, 1.82) is 0 Å². The Morgan fingerprint density at radius 1 is 1.38 bits per heavy atom. The van der Waals surface area contributed by atoms with Crippen molar-refractivity contribution < 1.29 is 9.90 Å².